The number of nitrogens with one attached hydrogen (secondary N) is 1. The van der Waals surface area contributed by atoms with E-state index >= 15 is 0 Å². The molecule has 134 valence electrons. The number of carbonyl (C=O) groups is 1. The predicted octanol–water partition coefficient (Wildman–Crippen LogP) is 5.43. The number of aromatic nitrogens is 1. The maximum absolute atomic E-state index is 12.3. The van der Waals surface area contributed by atoms with Crippen molar-refractivity contribution >= 4 is 23.2 Å². The summed E-state index contributed by atoms with van der Waals surface area (Å²) in [4.78, 5) is 12.3. The summed E-state index contributed by atoms with van der Waals surface area (Å²) in [5.41, 5.74) is 1.62. The number of amides is 1. The molecule has 0 aliphatic carbocycles. The number of carbonyl (C=O) groups excluding carboxylic acids is 1. The van der Waals surface area contributed by atoms with Crippen molar-refractivity contribution in [2.24, 2.45) is 0 Å². The third-order valence-corrected chi connectivity index (χ3v) is 3.97. The molecule has 0 atom stereocenters. The normalized spacial score (nSPS) is 10.5. The average Bonchev–Trinajstić information content (AvgIpc) is 3.13. The summed E-state index contributed by atoms with van der Waals surface area (Å²) >= 11 is 5.92. The van der Waals surface area contributed by atoms with Crippen molar-refractivity contribution in [3.05, 3.63) is 65.3 Å². The van der Waals surface area contributed by atoms with Crippen LogP contribution in [0.5, 0.6) is 5.75 Å². The molecule has 1 N–H and O–H groups in total. The molecule has 0 bridgehead atoms. The third-order valence-electron chi connectivity index (χ3n) is 3.73. The van der Waals surface area contributed by atoms with Gasteiger partial charge in [-0.3, -0.25) is 4.79 Å². The quantitative estimate of drug-likeness (QED) is 0.563. The first-order valence-corrected chi connectivity index (χ1v) is 8.80. The van der Waals surface area contributed by atoms with Crippen LogP contribution in [0.15, 0.2) is 59.1 Å². The summed E-state index contributed by atoms with van der Waals surface area (Å²) in [6, 6.07) is 16.0. The molecule has 0 radical (unpaired) electrons. The van der Waals surface area contributed by atoms with E-state index in [1.54, 1.807) is 30.3 Å². The number of benzene rings is 2. The Morgan fingerprint density at radius 3 is 2.73 bits per heavy atom. The highest BCUT2D eigenvalue weighted by atomic mass is 35.5. The van der Waals surface area contributed by atoms with Crippen LogP contribution in [0.3, 0.4) is 0 Å². The van der Waals surface area contributed by atoms with E-state index in [1.807, 2.05) is 24.3 Å². The Bertz CT molecular complexity index is 875. The van der Waals surface area contributed by atoms with E-state index in [2.05, 4.69) is 17.4 Å². The second-order valence-corrected chi connectivity index (χ2v) is 6.20. The standard InChI is InChI=1S/C20H19ClN2O3/c1-2-3-11-25-17-9-7-14(8-10-17)19-13-18(23-26-19)20(24)22-16-6-4-5-15(21)12-16/h4-10,12-13H,2-3,11H2,1H3,(H,22,24). The van der Waals surface area contributed by atoms with Crippen molar-refractivity contribution in [2.45, 2.75) is 19.8 Å². The minimum absolute atomic E-state index is 0.197. The number of unbranched alkanes of at least 4 members (excludes halogenated alkanes) is 1. The van der Waals surface area contributed by atoms with Crippen LogP contribution < -0.4 is 10.1 Å². The number of halogens is 1. The van der Waals surface area contributed by atoms with Gasteiger partial charge in [0.15, 0.2) is 11.5 Å². The Morgan fingerprint density at radius 1 is 1.19 bits per heavy atom. The van der Waals surface area contributed by atoms with Gasteiger partial charge in [-0.25, -0.2) is 0 Å². The number of hydrogen-bond donors (Lipinski definition) is 1. The molecule has 0 aliphatic rings. The van der Waals surface area contributed by atoms with Crippen LogP contribution in [0.25, 0.3) is 11.3 Å². The SMILES string of the molecule is CCCCOc1ccc(-c2cc(C(=O)Nc3cccc(Cl)c3)no2)cc1. The van der Waals surface area contributed by atoms with Gasteiger partial charge in [0.1, 0.15) is 5.75 Å². The molecule has 2 aromatic carbocycles. The van der Waals surface area contributed by atoms with Gasteiger partial charge in [-0.05, 0) is 48.9 Å². The van der Waals surface area contributed by atoms with Gasteiger partial charge in [-0.15, -0.1) is 0 Å². The first-order chi connectivity index (χ1) is 12.7. The lowest BCUT2D eigenvalue weighted by Gasteiger charge is -2.05. The smallest absolute Gasteiger partial charge is 0.277 e. The van der Waals surface area contributed by atoms with E-state index in [0.717, 1.165) is 24.2 Å². The summed E-state index contributed by atoms with van der Waals surface area (Å²) in [5.74, 6) is 0.962. The molecule has 0 saturated heterocycles. The molecule has 0 unspecified atom stereocenters. The van der Waals surface area contributed by atoms with Crippen LogP contribution in [0.2, 0.25) is 5.02 Å². The zero-order valence-electron chi connectivity index (χ0n) is 14.4. The molecule has 1 amide bonds. The highest BCUT2D eigenvalue weighted by Gasteiger charge is 2.14. The Kier molecular flexibility index (Phi) is 5.92. The van der Waals surface area contributed by atoms with E-state index < -0.39 is 0 Å². The van der Waals surface area contributed by atoms with Gasteiger partial charge >= 0.3 is 0 Å². The molecule has 1 aromatic heterocycles. The van der Waals surface area contributed by atoms with Crippen molar-refractivity contribution in [3.63, 3.8) is 0 Å². The lowest BCUT2D eigenvalue weighted by Crippen LogP contribution is -2.11. The van der Waals surface area contributed by atoms with Crippen molar-refractivity contribution in [3.8, 4) is 17.1 Å². The zero-order valence-corrected chi connectivity index (χ0v) is 15.1. The van der Waals surface area contributed by atoms with E-state index in [4.69, 9.17) is 20.9 Å². The second kappa shape index (κ2) is 8.54. The number of anilines is 1. The van der Waals surface area contributed by atoms with Crippen LogP contribution in [0.4, 0.5) is 5.69 Å². The highest BCUT2D eigenvalue weighted by Crippen LogP contribution is 2.24. The molecule has 0 aliphatic heterocycles. The Balaban J connectivity index is 1.66. The van der Waals surface area contributed by atoms with Crippen LogP contribution in [-0.4, -0.2) is 17.7 Å². The van der Waals surface area contributed by atoms with Crippen LogP contribution in [0, 0.1) is 0 Å². The molecule has 6 heteroatoms. The molecule has 0 fully saturated rings. The van der Waals surface area contributed by atoms with Crippen LogP contribution >= 0.6 is 11.6 Å². The fourth-order valence-corrected chi connectivity index (χ4v) is 2.52. The van der Waals surface area contributed by atoms with Gasteiger partial charge in [-0.1, -0.05) is 36.2 Å². The minimum Gasteiger partial charge on any atom is -0.494 e. The topological polar surface area (TPSA) is 64.4 Å². The van der Waals surface area contributed by atoms with Crippen molar-refractivity contribution < 1.29 is 14.1 Å². The fraction of sp³-hybridized carbons (Fsp3) is 0.200. The van der Waals surface area contributed by atoms with E-state index in [-0.39, 0.29) is 11.6 Å². The van der Waals surface area contributed by atoms with Gasteiger partial charge in [0.25, 0.3) is 5.91 Å². The van der Waals surface area contributed by atoms with Gasteiger partial charge in [0.05, 0.1) is 6.61 Å². The fourth-order valence-electron chi connectivity index (χ4n) is 2.33. The maximum atomic E-state index is 12.3. The molecule has 1 heterocycles. The molecule has 3 rings (SSSR count). The second-order valence-electron chi connectivity index (χ2n) is 5.77. The third kappa shape index (κ3) is 4.64. The summed E-state index contributed by atoms with van der Waals surface area (Å²) < 4.78 is 10.9. The Labute approximate surface area is 156 Å². The molecule has 26 heavy (non-hydrogen) atoms. The molecular weight excluding hydrogens is 352 g/mol. The van der Waals surface area contributed by atoms with Gasteiger partial charge < -0.3 is 14.6 Å². The lowest BCUT2D eigenvalue weighted by atomic mass is 10.1. The Morgan fingerprint density at radius 2 is 2.00 bits per heavy atom. The molecule has 0 spiro atoms. The maximum Gasteiger partial charge on any atom is 0.277 e. The van der Waals surface area contributed by atoms with Crippen molar-refractivity contribution in [1.29, 1.82) is 0 Å². The summed E-state index contributed by atoms with van der Waals surface area (Å²) in [7, 11) is 0. The largest absolute Gasteiger partial charge is 0.494 e. The summed E-state index contributed by atoms with van der Waals surface area (Å²) in [6.45, 7) is 2.82. The molecule has 5 nitrogen and oxygen atoms in total. The van der Waals surface area contributed by atoms with Gasteiger partial charge in [0.2, 0.25) is 0 Å². The number of nitrogens with zero attached hydrogens (tertiary/aromatic N) is 1. The lowest BCUT2D eigenvalue weighted by molar-refractivity contribution is 0.101. The average molecular weight is 371 g/mol. The highest BCUT2D eigenvalue weighted by molar-refractivity contribution is 6.30. The number of ether oxygens (including phenoxy) is 1. The van der Waals surface area contributed by atoms with Crippen molar-refractivity contribution in [2.75, 3.05) is 11.9 Å². The number of rotatable bonds is 7. The monoisotopic (exact) mass is 370 g/mol. The predicted molar refractivity (Wildman–Crippen MR) is 102 cm³/mol. The molecule has 3 aromatic rings. The van der Waals surface area contributed by atoms with Crippen LogP contribution in [0.1, 0.15) is 30.3 Å². The first-order valence-electron chi connectivity index (χ1n) is 8.42. The molecular formula is C20H19ClN2O3. The first kappa shape index (κ1) is 18.0. The number of hydrogen-bond acceptors (Lipinski definition) is 4. The minimum atomic E-state index is -0.359. The van der Waals surface area contributed by atoms with E-state index in [1.165, 1.54) is 0 Å². The van der Waals surface area contributed by atoms with Crippen LogP contribution in [-0.2, 0) is 0 Å². The van der Waals surface area contributed by atoms with Crippen molar-refractivity contribution in [1.82, 2.24) is 5.16 Å². The van der Waals surface area contributed by atoms with E-state index in [9.17, 15) is 4.79 Å². The summed E-state index contributed by atoms with van der Waals surface area (Å²) in [6.07, 6.45) is 2.12. The molecule has 0 saturated carbocycles. The van der Waals surface area contributed by atoms with E-state index in [0.29, 0.717) is 23.1 Å². The summed E-state index contributed by atoms with van der Waals surface area (Å²) in [5, 5.41) is 7.12. The Hall–Kier alpha value is -2.79. The van der Waals surface area contributed by atoms with Gasteiger partial charge in [-0.2, -0.15) is 0 Å². The zero-order chi connectivity index (χ0) is 18.4. The van der Waals surface area contributed by atoms with Gasteiger partial charge in [0, 0.05) is 22.3 Å².